The number of carbonyl (C=O) groups excluding carboxylic acids is 1. The first-order chi connectivity index (χ1) is 7.77. The number of hydrogen-bond donors (Lipinski definition) is 1. The second kappa shape index (κ2) is 6.95. The average Bonchev–Trinajstić information content (AvgIpc) is 2.33. The normalized spacial score (nSPS) is 10.1. The van der Waals surface area contributed by atoms with Gasteiger partial charge in [0.1, 0.15) is 5.75 Å². The summed E-state index contributed by atoms with van der Waals surface area (Å²) in [6.45, 7) is 3.37. The molecule has 0 aromatic carbocycles. The Bertz CT molecular complexity index is 340. The lowest BCUT2D eigenvalue weighted by Gasteiger charge is -2.05. The second-order valence-electron chi connectivity index (χ2n) is 3.53. The van der Waals surface area contributed by atoms with Crippen LogP contribution < -0.4 is 10.1 Å². The molecule has 4 heteroatoms. The number of aromatic nitrogens is 1. The van der Waals surface area contributed by atoms with Gasteiger partial charge in [0.15, 0.2) is 5.78 Å². The molecule has 0 aliphatic rings. The van der Waals surface area contributed by atoms with E-state index in [2.05, 4.69) is 10.3 Å². The van der Waals surface area contributed by atoms with E-state index in [0.717, 1.165) is 6.42 Å². The number of carbonyl (C=O) groups is 1. The van der Waals surface area contributed by atoms with Gasteiger partial charge in [-0.05, 0) is 19.5 Å². The second-order valence-corrected chi connectivity index (χ2v) is 3.53. The molecule has 0 saturated carbocycles. The molecule has 0 aliphatic heterocycles. The summed E-state index contributed by atoms with van der Waals surface area (Å²) in [4.78, 5) is 15.7. The van der Waals surface area contributed by atoms with Crippen molar-refractivity contribution in [2.24, 2.45) is 0 Å². The van der Waals surface area contributed by atoms with Gasteiger partial charge >= 0.3 is 0 Å². The van der Waals surface area contributed by atoms with Gasteiger partial charge in [-0.25, -0.2) is 0 Å². The Labute approximate surface area is 96.0 Å². The molecule has 1 aromatic heterocycles. The standard InChI is InChI=1S/C12H18N2O2/c1-3-6-16-11-7-10(8-14-9-11)12(15)4-5-13-2/h7-9,13H,3-6H2,1-2H3. The van der Waals surface area contributed by atoms with Crippen molar-refractivity contribution in [2.45, 2.75) is 19.8 Å². The fraction of sp³-hybridized carbons (Fsp3) is 0.500. The van der Waals surface area contributed by atoms with Crippen LogP contribution in [0.3, 0.4) is 0 Å². The molecule has 4 nitrogen and oxygen atoms in total. The third-order valence-electron chi connectivity index (χ3n) is 2.11. The number of pyridine rings is 1. The Kier molecular flexibility index (Phi) is 5.50. The summed E-state index contributed by atoms with van der Waals surface area (Å²) in [5.41, 5.74) is 0.615. The van der Waals surface area contributed by atoms with Gasteiger partial charge in [0.05, 0.1) is 12.8 Å². The molecule has 0 fully saturated rings. The molecule has 88 valence electrons. The Morgan fingerprint density at radius 3 is 3.00 bits per heavy atom. The van der Waals surface area contributed by atoms with Crippen LogP contribution in [-0.2, 0) is 0 Å². The van der Waals surface area contributed by atoms with Crippen LogP contribution in [0.2, 0.25) is 0 Å². The maximum absolute atomic E-state index is 11.7. The quantitative estimate of drug-likeness (QED) is 0.713. The van der Waals surface area contributed by atoms with Crippen LogP contribution in [0.4, 0.5) is 0 Å². The highest BCUT2D eigenvalue weighted by Crippen LogP contribution is 2.12. The van der Waals surface area contributed by atoms with Crippen molar-refractivity contribution < 1.29 is 9.53 Å². The number of hydrogen-bond acceptors (Lipinski definition) is 4. The van der Waals surface area contributed by atoms with Crippen LogP contribution in [0.25, 0.3) is 0 Å². The van der Waals surface area contributed by atoms with Gasteiger partial charge in [-0.15, -0.1) is 0 Å². The minimum absolute atomic E-state index is 0.0869. The molecule has 0 spiro atoms. The summed E-state index contributed by atoms with van der Waals surface area (Å²) in [6.07, 6.45) is 4.63. The molecular weight excluding hydrogens is 204 g/mol. The Morgan fingerprint density at radius 1 is 1.50 bits per heavy atom. The Morgan fingerprint density at radius 2 is 2.31 bits per heavy atom. The number of ether oxygens (including phenoxy) is 1. The zero-order valence-electron chi connectivity index (χ0n) is 9.82. The summed E-state index contributed by atoms with van der Waals surface area (Å²) in [7, 11) is 1.83. The lowest BCUT2D eigenvalue weighted by Crippen LogP contribution is -2.13. The predicted octanol–water partition coefficient (Wildman–Crippen LogP) is 1.66. The molecule has 1 rings (SSSR count). The van der Waals surface area contributed by atoms with Gasteiger partial charge in [0.25, 0.3) is 0 Å². The molecule has 1 heterocycles. The molecule has 1 aromatic rings. The first-order valence-electron chi connectivity index (χ1n) is 5.53. The van der Waals surface area contributed by atoms with E-state index in [4.69, 9.17) is 4.74 Å². The van der Waals surface area contributed by atoms with E-state index in [1.54, 1.807) is 18.5 Å². The summed E-state index contributed by atoms with van der Waals surface area (Å²) >= 11 is 0. The van der Waals surface area contributed by atoms with Crippen LogP contribution in [0, 0.1) is 0 Å². The Hall–Kier alpha value is -1.42. The van der Waals surface area contributed by atoms with Crippen LogP contribution in [0.5, 0.6) is 5.75 Å². The van der Waals surface area contributed by atoms with Gasteiger partial charge in [0.2, 0.25) is 0 Å². The highest BCUT2D eigenvalue weighted by Gasteiger charge is 2.06. The molecule has 0 unspecified atom stereocenters. The highest BCUT2D eigenvalue weighted by atomic mass is 16.5. The fourth-order valence-corrected chi connectivity index (χ4v) is 1.25. The molecule has 0 aliphatic carbocycles. The zero-order chi connectivity index (χ0) is 11.8. The highest BCUT2D eigenvalue weighted by molar-refractivity contribution is 5.96. The van der Waals surface area contributed by atoms with Crippen molar-refractivity contribution >= 4 is 5.78 Å². The molecule has 0 bridgehead atoms. The number of nitrogens with one attached hydrogen (secondary N) is 1. The number of nitrogens with zero attached hydrogens (tertiary/aromatic N) is 1. The van der Waals surface area contributed by atoms with E-state index in [0.29, 0.717) is 30.9 Å². The van der Waals surface area contributed by atoms with E-state index in [1.165, 1.54) is 0 Å². The smallest absolute Gasteiger partial charge is 0.165 e. The number of ketones is 1. The molecule has 0 radical (unpaired) electrons. The van der Waals surface area contributed by atoms with Gasteiger partial charge in [0, 0.05) is 24.7 Å². The fourth-order valence-electron chi connectivity index (χ4n) is 1.25. The summed E-state index contributed by atoms with van der Waals surface area (Å²) in [5, 5.41) is 2.94. The van der Waals surface area contributed by atoms with E-state index < -0.39 is 0 Å². The Balaban J connectivity index is 2.62. The summed E-state index contributed by atoms with van der Waals surface area (Å²) < 4.78 is 5.42. The molecule has 0 amide bonds. The monoisotopic (exact) mass is 222 g/mol. The van der Waals surface area contributed by atoms with Crippen molar-refractivity contribution in [1.29, 1.82) is 0 Å². The molecular formula is C12H18N2O2. The minimum atomic E-state index is 0.0869. The summed E-state index contributed by atoms with van der Waals surface area (Å²) in [6, 6.07) is 1.75. The van der Waals surface area contributed by atoms with Gasteiger partial charge in [-0.2, -0.15) is 0 Å². The third-order valence-corrected chi connectivity index (χ3v) is 2.11. The van der Waals surface area contributed by atoms with Gasteiger partial charge in [-0.1, -0.05) is 6.92 Å². The number of Topliss-reactive ketones (excluding diaryl/α,β-unsaturated/α-hetero) is 1. The van der Waals surface area contributed by atoms with Crippen LogP contribution >= 0.6 is 0 Å². The van der Waals surface area contributed by atoms with Gasteiger partial charge < -0.3 is 10.1 Å². The van der Waals surface area contributed by atoms with Crippen molar-refractivity contribution in [3.05, 3.63) is 24.0 Å². The maximum Gasteiger partial charge on any atom is 0.165 e. The van der Waals surface area contributed by atoms with Crippen molar-refractivity contribution in [1.82, 2.24) is 10.3 Å². The van der Waals surface area contributed by atoms with E-state index in [9.17, 15) is 4.79 Å². The third kappa shape index (κ3) is 3.98. The molecule has 0 saturated heterocycles. The first kappa shape index (κ1) is 12.6. The molecule has 0 atom stereocenters. The van der Waals surface area contributed by atoms with E-state index >= 15 is 0 Å². The first-order valence-corrected chi connectivity index (χ1v) is 5.53. The average molecular weight is 222 g/mol. The SMILES string of the molecule is CCCOc1cncc(C(=O)CCNC)c1. The number of rotatable bonds is 7. The zero-order valence-corrected chi connectivity index (χ0v) is 9.82. The van der Waals surface area contributed by atoms with Crippen LogP contribution in [-0.4, -0.2) is 31.0 Å². The predicted molar refractivity (Wildman–Crippen MR) is 62.9 cm³/mol. The van der Waals surface area contributed by atoms with Crippen LogP contribution in [0.1, 0.15) is 30.1 Å². The van der Waals surface area contributed by atoms with Crippen molar-refractivity contribution in [3.8, 4) is 5.75 Å². The van der Waals surface area contributed by atoms with Gasteiger partial charge in [-0.3, -0.25) is 9.78 Å². The topological polar surface area (TPSA) is 51.2 Å². The summed E-state index contributed by atoms with van der Waals surface area (Å²) in [5.74, 6) is 0.751. The van der Waals surface area contributed by atoms with E-state index in [1.807, 2.05) is 14.0 Å². The largest absolute Gasteiger partial charge is 0.492 e. The van der Waals surface area contributed by atoms with Crippen molar-refractivity contribution in [2.75, 3.05) is 20.2 Å². The molecule has 16 heavy (non-hydrogen) atoms. The minimum Gasteiger partial charge on any atom is -0.492 e. The van der Waals surface area contributed by atoms with E-state index in [-0.39, 0.29) is 5.78 Å². The maximum atomic E-state index is 11.7. The lowest BCUT2D eigenvalue weighted by molar-refractivity contribution is 0.0982. The van der Waals surface area contributed by atoms with Crippen molar-refractivity contribution in [3.63, 3.8) is 0 Å². The molecule has 1 N–H and O–H groups in total. The van der Waals surface area contributed by atoms with Crippen LogP contribution in [0.15, 0.2) is 18.5 Å². The lowest BCUT2D eigenvalue weighted by atomic mass is 10.1.